The standard InChI is InChI=1S/C13H22S2/c1-5-6-7-8-12-14-9-11(10-15-12)13(2,3)4/h1,11-12H,6-10H2,2-4H3. The van der Waals surface area contributed by atoms with Gasteiger partial charge in [-0.25, -0.2) is 0 Å². The van der Waals surface area contributed by atoms with Crippen LogP contribution in [-0.4, -0.2) is 16.1 Å². The van der Waals surface area contributed by atoms with Gasteiger partial charge < -0.3 is 0 Å². The predicted octanol–water partition coefficient (Wildman–Crippen LogP) is 4.26. The van der Waals surface area contributed by atoms with E-state index in [1.54, 1.807) is 0 Å². The second kappa shape index (κ2) is 6.11. The molecule has 0 atom stereocenters. The van der Waals surface area contributed by atoms with Gasteiger partial charge in [0, 0.05) is 6.42 Å². The van der Waals surface area contributed by atoms with E-state index in [4.69, 9.17) is 6.42 Å². The molecule has 2 heteroatoms. The zero-order valence-corrected chi connectivity index (χ0v) is 11.7. The Hall–Kier alpha value is 0.260. The van der Waals surface area contributed by atoms with E-state index >= 15 is 0 Å². The molecule has 1 rings (SSSR count). The van der Waals surface area contributed by atoms with Crippen molar-refractivity contribution in [3.8, 4) is 12.3 Å². The van der Waals surface area contributed by atoms with E-state index in [0.717, 1.165) is 16.9 Å². The number of rotatable bonds is 3. The van der Waals surface area contributed by atoms with Crippen molar-refractivity contribution in [2.45, 2.75) is 44.6 Å². The van der Waals surface area contributed by atoms with Crippen LogP contribution in [0.2, 0.25) is 0 Å². The Morgan fingerprint density at radius 1 is 1.27 bits per heavy atom. The number of hydrogen-bond acceptors (Lipinski definition) is 2. The molecule has 0 unspecified atom stereocenters. The lowest BCUT2D eigenvalue weighted by Crippen LogP contribution is -2.29. The Morgan fingerprint density at radius 2 is 1.87 bits per heavy atom. The number of hydrogen-bond donors (Lipinski definition) is 0. The Kier molecular flexibility index (Phi) is 5.43. The molecule has 15 heavy (non-hydrogen) atoms. The normalized spacial score (nSPS) is 27.3. The summed E-state index contributed by atoms with van der Waals surface area (Å²) in [5.41, 5.74) is 0.476. The lowest BCUT2D eigenvalue weighted by molar-refractivity contribution is 0.292. The molecule has 86 valence electrons. The Bertz CT molecular complexity index is 214. The fourth-order valence-corrected chi connectivity index (χ4v) is 5.38. The highest BCUT2D eigenvalue weighted by Gasteiger charge is 2.30. The summed E-state index contributed by atoms with van der Waals surface area (Å²) in [7, 11) is 0. The van der Waals surface area contributed by atoms with E-state index in [-0.39, 0.29) is 0 Å². The largest absolute Gasteiger partial charge is 0.147 e. The molecule has 0 aromatic heterocycles. The first-order valence-corrected chi connectivity index (χ1v) is 7.80. The van der Waals surface area contributed by atoms with Crippen LogP contribution in [-0.2, 0) is 0 Å². The molecule has 0 radical (unpaired) electrons. The average molecular weight is 242 g/mol. The summed E-state index contributed by atoms with van der Waals surface area (Å²) in [6.45, 7) is 7.08. The second-order valence-corrected chi connectivity index (χ2v) is 8.03. The van der Waals surface area contributed by atoms with Crippen molar-refractivity contribution >= 4 is 23.5 Å². The summed E-state index contributed by atoms with van der Waals surface area (Å²) in [5.74, 6) is 6.25. The molecule has 0 N–H and O–H groups in total. The fourth-order valence-electron chi connectivity index (χ4n) is 1.58. The van der Waals surface area contributed by atoms with Crippen molar-refractivity contribution < 1.29 is 0 Å². The van der Waals surface area contributed by atoms with Gasteiger partial charge in [0.15, 0.2) is 0 Å². The van der Waals surface area contributed by atoms with E-state index < -0.39 is 0 Å². The molecule has 0 aromatic carbocycles. The molecular formula is C13H22S2. The minimum atomic E-state index is 0.476. The smallest absolute Gasteiger partial charge is 0.0503 e. The van der Waals surface area contributed by atoms with Crippen LogP contribution < -0.4 is 0 Å². The van der Waals surface area contributed by atoms with Crippen molar-refractivity contribution in [3.63, 3.8) is 0 Å². The quantitative estimate of drug-likeness (QED) is 0.536. The van der Waals surface area contributed by atoms with E-state index in [0.29, 0.717) is 5.41 Å². The summed E-state index contributed by atoms with van der Waals surface area (Å²) < 4.78 is 0.803. The molecule has 1 aliphatic rings. The maximum atomic E-state index is 5.26. The topological polar surface area (TPSA) is 0 Å². The van der Waals surface area contributed by atoms with Gasteiger partial charge in [0.25, 0.3) is 0 Å². The van der Waals surface area contributed by atoms with Gasteiger partial charge in [0.05, 0.1) is 4.58 Å². The maximum Gasteiger partial charge on any atom is 0.0503 e. The molecule has 0 bridgehead atoms. The molecule has 0 saturated carbocycles. The van der Waals surface area contributed by atoms with Crippen molar-refractivity contribution in [1.82, 2.24) is 0 Å². The number of thioether (sulfide) groups is 2. The Labute approximate surface area is 103 Å². The van der Waals surface area contributed by atoms with Gasteiger partial charge in [-0.2, -0.15) is 0 Å². The average Bonchev–Trinajstić information content (AvgIpc) is 2.18. The zero-order valence-electron chi connectivity index (χ0n) is 10.1. The molecule has 1 fully saturated rings. The zero-order chi connectivity index (χ0) is 11.3. The molecule has 1 aliphatic heterocycles. The van der Waals surface area contributed by atoms with Gasteiger partial charge in [-0.05, 0) is 35.7 Å². The Morgan fingerprint density at radius 3 is 2.33 bits per heavy atom. The van der Waals surface area contributed by atoms with Crippen LogP contribution in [0.15, 0.2) is 0 Å². The molecule has 0 amide bonds. The summed E-state index contributed by atoms with van der Waals surface area (Å²) >= 11 is 4.29. The van der Waals surface area contributed by atoms with Crippen molar-refractivity contribution in [2.75, 3.05) is 11.5 Å². The van der Waals surface area contributed by atoms with Gasteiger partial charge in [-0.1, -0.05) is 20.8 Å². The third-order valence-electron chi connectivity index (χ3n) is 2.95. The second-order valence-electron chi connectivity index (χ2n) is 5.26. The number of terminal acetylenes is 1. The van der Waals surface area contributed by atoms with E-state index in [9.17, 15) is 0 Å². The summed E-state index contributed by atoms with van der Waals surface area (Å²) in [6, 6.07) is 0. The van der Waals surface area contributed by atoms with Gasteiger partial charge in [-0.3, -0.25) is 0 Å². The SMILES string of the molecule is C#CCCCC1SCC(C(C)(C)C)CS1. The first kappa shape index (κ1) is 13.3. The van der Waals surface area contributed by atoms with Crippen molar-refractivity contribution in [3.05, 3.63) is 0 Å². The van der Waals surface area contributed by atoms with Crippen LogP contribution in [0.4, 0.5) is 0 Å². The predicted molar refractivity (Wildman–Crippen MR) is 74.3 cm³/mol. The molecule has 1 heterocycles. The highest BCUT2D eigenvalue weighted by molar-refractivity contribution is 8.17. The van der Waals surface area contributed by atoms with Crippen LogP contribution in [0.5, 0.6) is 0 Å². The van der Waals surface area contributed by atoms with Crippen molar-refractivity contribution in [2.24, 2.45) is 11.3 Å². The minimum Gasteiger partial charge on any atom is -0.147 e. The van der Waals surface area contributed by atoms with Crippen LogP contribution in [0.1, 0.15) is 40.0 Å². The lowest BCUT2D eigenvalue weighted by atomic mass is 9.83. The molecular weight excluding hydrogens is 220 g/mol. The minimum absolute atomic E-state index is 0.476. The van der Waals surface area contributed by atoms with E-state index in [1.165, 1.54) is 24.3 Å². The molecule has 0 nitrogen and oxygen atoms in total. The monoisotopic (exact) mass is 242 g/mol. The highest BCUT2D eigenvalue weighted by atomic mass is 32.2. The van der Waals surface area contributed by atoms with Gasteiger partial charge in [0.1, 0.15) is 0 Å². The van der Waals surface area contributed by atoms with Crippen LogP contribution in [0, 0.1) is 23.7 Å². The first-order chi connectivity index (χ1) is 7.04. The third kappa shape index (κ3) is 4.74. The van der Waals surface area contributed by atoms with Crippen LogP contribution in [0.3, 0.4) is 0 Å². The first-order valence-electron chi connectivity index (χ1n) is 5.70. The third-order valence-corrected chi connectivity index (χ3v) is 6.17. The summed E-state index contributed by atoms with van der Waals surface area (Å²) in [5, 5.41) is 0. The van der Waals surface area contributed by atoms with Crippen molar-refractivity contribution in [1.29, 1.82) is 0 Å². The summed E-state index contributed by atoms with van der Waals surface area (Å²) in [4.78, 5) is 0. The van der Waals surface area contributed by atoms with E-state index in [2.05, 4.69) is 50.2 Å². The molecule has 0 aliphatic carbocycles. The molecule has 0 spiro atoms. The lowest BCUT2D eigenvalue weighted by Gasteiger charge is -2.36. The van der Waals surface area contributed by atoms with Gasteiger partial charge >= 0.3 is 0 Å². The van der Waals surface area contributed by atoms with Gasteiger partial charge in [-0.15, -0.1) is 35.9 Å². The molecule has 0 aromatic rings. The molecule has 1 saturated heterocycles. The van der Waals surface area contributed by atoms with Crippen LogP contribution >= 0.6 is 23.5 Å². The summed E-state index contributed by atoms with van der Waals surface area (Å²) in [6.07, 6.45) is 8.69. The highest BCUT2D eigenvalue weighted by Crippen LogP contribution is 2.42. The van der Waals surface area contributed by atoms with E-state index in [1.807, 2.05) is 0 Å². The maximum absolute atomic E-state index is 5.26. The number of unbranched alkanes of at least 4 members (excludes halogenated alkanes) is 1. The van der Waals surface area contributed by atoms with Gasteiger partial charge in [0.2, 0.25) is 0 Å². The Balaban J connectivity index is 2.22. The van der Waals surface area contributed by atoms with Crippen LogP contribution in [0.25, 0.3) is 0 Å². The fraction of sp³-hybridized carbons (Fsp3) is 0.846.